The van der Waals surface area contributed by atoms with Crippen molar-refractivity contribution in [3.63, 3.8) is 0 Å². The Morgan fingerprint density at radius 2 is 2.19 bits per heavy atom. The van der Waals surface area contributed by atoms with Crippen molar-refractivity contribution in [2.45, 2.75) is 25.4 Å². The third-order valence-corrected chi connectivity index (χ3v) is 4.26. The van der Waals surface area contributed by atoms with Crippen LogP contribution in [0.1, 0.15) is 18.4 Å². The first-order valence-corrected chi connectivity index (χ1v) is 7.95. The quantitative estimate of drug-likeness (QED) is 0.790. The van der Waals surface area contributed by atoms with Gasteiger partial charge in [-0.25, -0.2) is 0 Å². The van der Waals surface area contributed by atoms with Crippen molar-refractivity contribution < 1.29 is 4.74 Å². The van der Waals surface area contributed by atoms with Gasteiger partial charge in [-0.2, -0.15) is 0 Å². The molecule has 0 aliphatic carbocycles. The van der Waals surface area contributed by atoms with Crippen LogP contribution in [0.3, 0.4) is 0 Å². The molecule has 0 aromatic heterocycles. The van der Waals surface area contributed by atoms with E-state index in [1.165, 1.54) is 24.9 Å². The van der Waals surface area contributed by atoms with Gasteiger partial charge in [-0.1, -0.05) is 18.2 Å². The number of hydrogen-bond donors (Lipinski definition) is 1. The molecule has 0 bridgehead atoms. The van der Waals surface area contributed by atoms with Crippen molar-refractivity contribution in [1.82, 2.24) is 15.1 Å². The van der Waals surface area contributed by atoms with Gasteiger partial charge in [0.2, 0.25) is 0 Å². The molecule has 1 aromatic rings. The number of ether oxygens (including phenoxy) is 1. The lowest BCUT2D eigenvalue weighted by Crippen LogP contribution is -2.38. The molecule has 1 N–H and O–H groups in total. The highest BCUT2D eigenvalue weighted by molar-refractivity contribution is 5.33. The van der Waals surface area contributed by atoms with Gasteiger partial charge in [0.1, 0.15) is 12.4 Å². The summed E-state index contributed by atoms with van der Waals surface area (Å²) in [6, 6.07) is 8.97. The second-order valence-electron chi connectivity index (χ2n) is 6.03. The molecule has 0 radical (unpaired) electrons. The maximum absolute atomic E-state index is 5.96. The molecular formula is C17H29N3O. The summed E-state index contributed by atoms with van der Waals surface area (Å²) in [6.45, 7) is 4.94. The largest absolute Gasteiger partial charge is 0.492 e. The fourth-order valence-corrected chi connectivity index (χ4v) is 2.95. The van der Waals surface area contributed by atoms with E-state index in [4.69, 9.17) is 4.74 Å². The maximum Gasteiger partial charge on any atom is 0.123 e. The molecule has 1 saturated heterocycles. The minimum absolute atomic E-state index is 0.714. The molecule has 118 valence electrons. The molecule has 1 aliphatic rings. The molecule has 0 spiro atoms. The van der Waals surface area contributed by atoms with Crippen LogP contribution in [0.5, 0.6) is 5.75 Å². The summed E-state index contributed by atoms with van der Waals surface area (Å²) in [6.07, 6.45) is 2.66. The molecular weight excluding hydrogens is 262 g/mol. The van der Waals surface area contributed by atoms with Crippen molar-refractivity contribution >= 4 is 0 Å². The van der Waals surface area contributed by atoms with Crippen LogP contribution in [0.2, 0.25) is 0 Å². The van der Waals surface area contributed by atoms with E-state index in [2.05, 4.69) is 47.4 Å². The van der Waals surface area contributed by atoms with Gasteiger partial charge in [-0.3, -0.25) is 0 Å². The van der Waals surface area contributed by atoms with E-state index in [-0.39, 0.29) is 0 Å². The fraction of sp³-hybridized carbons (Fsp3) is 0.647. The van der Waals surface area contributed by atoms with E-state index in [0.29, 0.717) is 6.04 Å². The Balaban J connectivity index is 1.73. The van der Waals surface area contributed by atoms with Gasteiger partial charge >= 0.3 is 0 Å². The summed E-state index contributed by atoms with van der Waals surface area (Å²) in [5.74, 6) is 0.998. The van der Waals surface area contributed by atoms with E-state index < -0.39 is 0 Å². The number of benzene rings is 1. The standard InChI is InChI=1S/C17H29N3O/c1-18-13-15-7-4-5-9-17(15)21-12-11-19(2)14-16-8-6-10-20(16)3/h4-5,7,9,16,18H,6,8,10-14H2,1-3H3. The van der Waals surface area contributed by atoms with Crippen LogP contribution < -0.4 is 10.1 Å². The molecule has 4 nitrogen and oxygen atoms in total. The fourth-order valence-electron chi connectivity index (χ4n) is 2.95. The normalized spacial score (nSPS) is 19.3. The monoisotopic (exact) mass is 291 g/mol. The number of likely N-dealkylation sites (N-methyl/N-ethyl adjacent to an activating group) is 2. The van der Waals surface area contributed by atoms with Crippen LogP contribution in [-0.2, 0) is 6.54 Å². The van der Waals surface area contributed by atoms with Crippen LogP contribution in [-0.4, -0.2) is 63.2 Å². The zero-order valence-corrected chi connectivity index (χ0v) is 13.6. The van der Waals surface area contributed by atoms with Crippen LogP contribution >= 0.6 is 0 Å². The van der Waals surface area contributed by atoms with Gasteiger partial charge in [0.15, 0.2) is 0 Å². The summed E-state index contributed by atoms with van der Waals surface area (Å²) in [4.78, 5) is 4.85. The molecule has 4 heteroatoms. The highest BCUT2D eigenvalue weighted by atomic mass is 16.5. The summed E-state index contributed by atoms with van der Waals surface area (Å²) < 4.78 is 5.96. The van der Waals surface area contributed by atoms with Crippen LogP contribution in [0.25, 0.3) is 0 Å². The molecule has 21 heavy (non-hydrogen) atoms. The number of rotatable bonds is 8. The minimum Gasteiger partial charge on any atom is -0.492 e. The summed E-state index contributed by atoms with van der Waals surface area (Å²) in [5, 5.41) is 3.18. The van der Waals surface area contributed by atoms with E-state index in [0.717, 1.165) is 32.0 Å². The lowest BCUT2D eigenvalue weighted by Gasteiger charge is -2.25. The Labute approximate surface area is 129 Å². The smallest absolute Gasteiger partial charge is 0.123 e. The van der Waals surface area contributed by atoms with Crippen molar-refractivity contribution in [2.75, 3.05) is 47.4 Å². The Kier molecular flexibility index (Phi) is 6.49. The number of nitrogens with one attached hydrogen (secondary N) is 1. The van der Waals surface area contributed by atoms with Gasteiger partial charge in [-0.05, 0) is 46.6 Å². The van der Waals surface area contributed by atoms with Crippen molar-refractivity contribution in [3.8, 4) is 5.75 Å². The Bertz CT molecular complexity index is 424. The van der Waals surface area contributed by atoms with Crippen LogP contribution in [0.4, 0.5) is 0 Å². The predicted octanol–water partition coefficient (Wildman–Crippen LogP) is 1.81. The Morgan fingerprint density at radius 1 is 1.38 bits per heavy atom. The first kappa shape index (κ1) is 16.3. The molecule has 1 atom stereocenters. The highest BCUT2D eigenvalue weighted by Gasteiger charge is 2.21. The molecule has 2 rings (SSSR count). The van der Waals surface area contributed by atoms with Crippen molar-refractivity contribution in [3.05, 3.63) is 29.8 Å². The third-order valence-electron chi connectivity index (χ3n) is 4.26. The van der Waals surface area contributed by atoms with E-state index >= 15 is 0 Å². The van der Waals surface area contributed by atoms with Gasteiger partial charge in [-0.15, -0.1) is 0 Å². The minimum atomic E-state index is 0.714. The highest BCUT2D eigenvalue weighted by Crippen LogP contribution is 2.18. The number of para-hydroxylation sites is 1. The van der Waals surface area contributed by atoms with E-state index in [1.807, 2.05) is 13.1 Å². The lowest BCUT2D eigenvalue weighted by molar-refractivity contribution is 0.189. The van der Waals surface area contributed by atoms with E-state index in [1.54, 1.807) is 0 Å². The van der Waals surface area contributed by atoms with Gasteiger partial charge in [0.25, 0.3) is 0 Å². The van der Waals surface area contributed by atoms with Crippen LogP contribution in [0, 0.1) is 0 Å². The zero-order chi connectivity index (χ0) is 15.1. The Morgan fingerprint density at radius 3 is 2.90 bits per heavy atom. The molecule has 1 aliphatic heterocycles. The second kappa shape index (κ2) is 8.37. The maximum atomic E-state index is 5.96. The molecule has 1 aromatic carbocycles. The van der Waals surface area contributed by atoms with Crippen molar-refractivity contribution in [2.24, 2.45) is 0 Å². The van der Waals surface area contributed by atoms with Gasteiger partial charge < -0.3 is 19.9 Å². The summed E-state index contributed by atoms with van der Waals surface area (Å²) in [7, 11) is 6.38. The lowest BCUT2D eigenvalue weighted by atomic mass is 10.2. The molecule has 1 fully saturated rings. The number of nitrogens with zero attached hydrogens (tertiary/aromatic N) is 2. The second-order valence-corrected chi connectivity index (χ2v) is 6.03. The average Bonchev–Trinajstić information content (AvgIpc) is 2.86. The summed E-state index contributed by atoms with van der Waals surface area (Å²) in [5.41, 5.74) is 1.22. The zero-order valence-electron chi connectivity index (χ0n) is 13.6. The van der Waals surface area contributed by atoms with Gasteiger partial charge in [0, 0.05) is 31.2 Å². The molecule has 0 saturated carbocycles. The Hall–Kier alpha value is -1.10. The molecule has 1 unspecified atom stereocenters. The van der Waals surface area contributed by atoms with Gasteiger partial charge in [0.05, 0.1) is 0 Å². The predicted molar refractivity (Wildman–Crippen MR) is 87.8 cm³/mol. The number of hydrogen-bond acceptors (Lipinski definition) is 4. The summed E-state index contributed by atoms with van der Waals surface area (Å²) >= 11 is 0. The van der Waals surface area contributed by atoms with Crippen molar-refractivity contribution in [1.29, 1.82) is 0 Å². The topological polar surface area (TPSA) is 27.7 Å². The first-order valence-electron chi connectivity index (χ1n) is 7.95. The average molecular weight is 291 g/mol. The molecule has 0 amide bonds. The first-order chi connectivity index (χ1) is 10.2. The third kappa shape index (κ3) is 4.99. The van der Waals surface area contributed by atoms with E-state index in [9.17, 15) is 0 Å². The van der Waals surface area contributed by atoms with Crippen LogP contribution in [0.15, 0.2) is 24.3 Å². The molecule has 1 heterocycles. The SMILES string of the molecule is CNCc1ccccc1OCCN(C)CC1CCCN1C. The number of likely N-dealkylation sites (tertiary alicyclic amines) is 1.